The number of nitrogens with zero attached hydrogens (tertiary/aromatic N) is 6. The number of nitrogens with one attached hydrogen (secondary N) is 2. The Bertz CT molecular complexity index is 1160. The fourth-order valence-electron chi connectivity index (χ4n) is 3.36. The van der Waals surface area contributed by atoms with Crippen molar-refractivity contribution in [1.29, 1.82) is 0 Å². The monoisotopic (exact) mass is 406 g/mol. The predicted octanol–water partition coefficient (Wildman–Crippen LogP) is 1.93. The zero-order valence-corrected chi connectivity index (χ0v) is 16.3. The number of hydrogen-bond donors (Lipinski definition) is 2. The molecule has 1 saturated heterocycles. The summed E-state index contributed by atoms with van der Waals surface area (Å²) in [5.41, 5.74) is 3.41. The summed E-state index contributed by atoms with van der Waals surface area (Å²) in [5.74, 6) is -0.303. The van der Waals surface area contributed by atoms with Crippen LogP contribution in [0.1, 0.15) is 9.80 Å². The molecular weight excluding hydrogens is 388 g/mol. The third-order valence-corrected chi connectivity index (χ3v) is 5.69. The molecule has 0 radical (unpaired) electrons. The van der Waals surface area contributed by atoms with Gasteiger partial charge in [0.15, 0.2) is 0 Å². The van der Waals surface area contributed by atoms with Gasteiger partial charge in [0.25, 0.3) is 5.91 Å². The van der Waals surface area contributed by atoms with Gasteiger partial charge in [0, 0.05) is 32.4 Å². The highest BCUT2D eigenvalue weighted by atomic mass is 32.1. The van der Waals surface area contributed by atoms with E-state index in [0.717, 1.165) is 42.9 Å². The summed E-state index contributed by atoms with van der Waals surface area (Å²) in [6, 6.07) is 9.68. The molecule has 0 unspecified atom stereocenters. The molecule has 0 spiro atoms. The van der Waals surface area contributed by atoms with Crippen molar-refractivity contribution in [3.05, 3.63) is 54.1 Å². The van der Waals surface area contributed by atoms with E-state index in [9.17, 15) is 4.79 Å². The number of amides is 1. The first-order valence-electron chi connectivity index (χ1n) is 9.26. The molecule has 9 nitrogen and oxygen atoms in total. The predicted molar refractivity (Wildman–Crippen MR) is 112 cm³/mol. The summed E-state index contributed by atoms with van der Waals surface area (Å²) in [6.45, 7) is 3.58. The van der Waals surface area contributed by atoms with E-state index in [1.165, 1.54) is 11.3 Å². The van der Waals surface area contributed by atoms with E-state index < -0.39 is 0 Å². The molecule has 1 amide bonds. The number of carbonyl (C=O) groups is 1. The maximum absolute atomic E-state index is 12.8. The highest BCUT2D eigenvalue weighted by Crippen LogP contribution is 2.26. The Morgan fingerprint density at radius 1 is 1.14 bits per heavy atom. The van der Waals surface area contributed by atoms with Crippen LogP contribution in [0.3, 0.4) is 0 Å². The average Bonchev–Trinajstić information content (AvgIpc) is 3.42. The smallest absolute Gasteiger partial charge is 0.286 e. The van der Waals surface area contributed by atoms with Gasteiger partial charge in [0.1, 0.15) is 6.33 Å². The van der Waals surface area contributed by atoms with Crippen molar-refractivity contribution in [3.8, 4) is 5.13 Å². The van der Waals surface area contributed by atoms with Crippen molar-refractivity contribution in [1.82, 2.24) is 30.0 Å². The first-order chi connectivity index (χ1) is 14.3. The van der Waals surface area contributed by atoms with Crippen LogP contribution in [0.2, 0.25) is 0 Å². The second-order valence-corrected chi connectivity index (χ2v) is 7.53. The fraction of sp³-hybridized carbons (Fsp3) is 0.211. The van der Waals surface area contributed by atoms with Crippen LogP contribution >= 0.6 is 11.3 Å². The van der Waals surface area contributed by atoms with Crippen molar-refractivity contribution in [2.45, 2.75) is 0 Å². The van der Waals surface area contributed by atoms with E-state index in [1.54, 1.807) is 18.7 Å². The van der Waals surface area contributed by atoms with Gasteiger partial charge in [-0.15, -0.1) is 10.2 Å². The Balaban J connectivity index is 1.39. The Kier molecular flexibility index (Phi) is 4.62. The Hall–Kier alpha value is -3.37. The quantitative estimate of drug-likeness (QED) is 0.534. The summed E-state index contributed by atoms with van der Waals surface area (Å²) < 4.78 is 1.83. The maximum atomic E-state index is 12.8. The van der Waals surface area contributed by atoms with Crippen molar-refractivity contribution in [3.63, 3.8) is 0 Å². The van der Waals surface area contributed by atoms with Crippen LogP contribution in [0.4, 0.5) is 11.4 Å². The molecule has 0 bridgehead atoms. The molecule has 5 rings (SSSR count). The fourth-order valence-corrected chi connectivity index (χ4v) is 4.08. The minimum absolute atomic E-state index is 0.285. The second kappa shape index (κ2) is 7.57. The number of pyridine rings is 1. The van der Waals surface area contributed by atoms with Crippen LogP contribution in [0, 0.1) is 0 Å². The topological polar surface area (TPSA) is 101 Å². The molecule has 29 heavy (non-hydrogen) atoms. The van der Waals surface area contributed by atoms with E-state index in [4.69, 9.17) is 0 Å². The Labute approximate surface area is 170 Å². The van der Waals surface area contributed by atoms with E-state index >= 15 is 0 Å². The van der Waals surface area contributed by atoms with Crippen LogP contribution in [-0.2, 0) is 0 Å². The number of carbonyl (C=O) groups excluding carboxylic acids is 1. The van der Waals surface area contributed by atoms with Gasteiger partial charge in [0.05, 0.1) is 28.6 Å². The molecule has 4 aromatic rings. The third-order valence-electron chi connectivity index (χ3n) is 4.77. The van der Waals surface area contributed by atoms with E-state index in [2.05, 4.69) is 35.7 Å². The number of hydrogen-bond acceptors (Lipinski definition) is 8. The normalized spacial score (nSPS) is 14.3. The van der Waals surface area contributed by atoms with Crippen molar-refractivity contribution >= 4 is 39.7 Å². The van der Waals surface area contributed by atoms with Crippen molar-refractivity contribution in [2.75, 3.05) is 36.4 Å². The summed E-state index contributed by atoms with van der Waals surface area (Å²) in [5, 5.41) is 15.4. The molecule has 1 aromatic carbocycles. The van der Waals surface area contributed by atoms with E-state index in [1.807, 2.05) is 34.9 Å². The second-order valence-electron chi connectivity index (χ2n) is 6.58. The number of para-hydroxylation sites is 2. The van der Waals surface area contributed by atoms with E-state index in [-0.39, 0.29) is 10.9 Å². The van der Waals surface area contributed by atoms with Crippen molar-refractivity contribution < 1.29 is 4.79 Å². The molecule has 1 aliphatic rings. The molecule has 1 fully saturated rings. The lowest BCUT2D eigenvalue weighted by molar-refractivity contribution is 0.102. The van der Waals surface area contributed by atoms with Gasteiger partial charge in [-0.1, -0.05) is 23.5 Å². The molecule has 1 aliphatic heterocycles. The average molecular weight is 406 g/mol. The summed E-state index contributed by atoms with van der Waals surface area (Å²) >= 11 is 1.22. The zero-order chi connectivity index (χ0) is 19.6. The summed E-state index contributed by atoms with van der Waals surface area (Å²) in [7, 11) is 0. The lowest BCUT2D eigenvalue weighted by atomic mass is 10.2. The minimum Gasteiger partial charge on any atom is -0.367 e. The van der Waals surface area contributed by atoms with Gasteiger partial charge in [0.2, 0.25) is 10.1 Å². The Morgan fingerprint density at radius 3 is 2.90 bits per heavy atom. The minimum atomic E-state index is -0.303. The third kappa shape index (κ3) is 3.43. The molecule has 146 valence electrons. The number of imidazole rings is 1. The molecule has 0 saturated carbocycles. The molecule has 0 atom stereocenters. The lowest BCUT2D eigenvalue weighted by Crippen LogP contribution is -2.43. The highest BCUT2D eigenvalue weighted by Gasteiger charge is 2.19. The van der Waals surface area contributed by atoms with Crippen LogP contribution in [-0.4, -0.2) is 56.8 Å². The first kappa shape index (κ1) is 17.7. The van der Waals surface area contributed by atoms with Gasteiger partial charge in [-0.2, -0.15) is 0 Å². The van der Waals surface area contributed by atoms with Gasteiger partial charge < -0.3 is 15.5 Å². The maximum Gasteiger partial charge on any atom is 0.286 e. The molecule has 10 heteroatoms. The van der Waals surface area contributed by atoms with Crippen LogP contribution in [0.25, 0.3) is 16.2 Å². The molecule has 4 heterocycles. The van der Waals surface area contributed by atoms with E-state index in [0.29, 0.717) is 10.8 Å². The van der Waals surface area contributed by atoms with Gasteiger partial charge in [-0.3, -0.25) is 14.3 Å². The number of aromatic nitrogens is 5. The largest absolute Gasteiger partial charge is 0.367 e. The van der Waals surface area contributed by atoms with Crippen LogP contribution < -0.4 is 15.5 Å². The molecular formula is C19H18N8OS. The van der Waals surface area contributed by atoms with Gasteiger partial charge in [-0.05, 0) is 18.2 Å². The number of piperazine rings is 1. The van der Waals surface area contributed by atoms with Gasteiger partial charge in [-0.25, -0.2) is 4.98 Å². The number of benzene rings is 1. The summed E-state index contributed by atoms with van der Waals surface area (Å²) in [6.07, 6.45) is 5.09. The highest BCUT2D eigenvalue weighted by molar-refractivity contribution is 7.15. The zero-order valence-electron chi connectivity index (χ0n) is 15.4. The lowest BCUT2D eigenvalue weighted by Gasteiger charge is -2.30. The molecule has 3 aromatic heterocycles. The number of anilines is 2. The van der Waals surface area contributed by atoms with Crippen molar-refractivity contribution in [2.24, 2.45) is 0 Å². The SMILES string of the molecule is O=C(Nc1cnccc1N1CCNCC1)c1nnc(-n2cnc3ccccc32)s1. The molecule has 2 N–H and O–H groups in total. The number of fused-ring (bicyclic) bond motifs is 1. The Morgan fingerprint density at radius 2 is 2.00 bits per heavy atom. The molecule has 0 aliphatic carbocycles. The van der Waals surface area contributed by atoms with Crippen LogP contribution in [0.5, 0.6) is 0 Å². The van der Waals surface area contributed by atoms with Gasteiger partial charge >= 0.3 is 0 Å². The standard InChI is InChI=1S/C19H18N8OS/c28-17(23-14-11-21-6-5-15(14)26-9-7-20-8-10-26)18-24-25-19(29-18)27-12-22-13-3-1-2-4-16(13)27/h1-6,11-12,20H,7-10H2,(H,23,28). The van der Waals surface area contributed by atoms with Crippen LogP contribution in [0.15, 0.2) is 49.1 Å². The number of rotatable bonds is 4. The first-order valence-corrected chi connectivity index (χ1v) is 10.1. The summed E-state index contributed by atoms with van der Waals surface area (Å²) in [4.78, 5) is 23.6.